The minimum atomic E-state index is -1.05. The Morgan fingerprint density at radius 3 is 2.60 bits per heavy atom. The number of amides is 2. The maximum Gasteiger partial charge on any atom is 0.326 e. The van der Waals surface area contributed by atoms with Crippen LogP contribution < -0.4 is 10.6 Å². The number of hydrogen-bond acceptors (Lipinski definition) is 4. The number of aromatic nitrogens is 1. The number of nitrogens with one attached hydrogen (secondary N) is 2. The second kappa shape index (κ2) is 5.40. The maximum absolute atomic E-state index is 11.8. The highest BCUT2D eigenvalue weighted by molar-refractivity contribution is 7.13. The van der Waals surface area contributed by atoms with Crippen molar-refractivity contribution in [1.29, 1.82) is 0 Å². The van der Waals surface area contributed by atoms with Crippen LogP contribution in [0.5, 0.6) is 0 Å². The summed E-state index contributed by atoms with van der Waals surface area (Å²) in [6.45, 7) is 5.29. The number of hydrogen-bond donors (Lipinski definition) is 3. The molecule has 3 N–H and O–H groups in total. The summed E-state index contributed by atoms with van der Waals surface area (Å²) in [6.07, 6.45) is 2.31. The van der Waals surface area contributed by atoms with Gasteiger partial charge < -0.3 is 10.4 Å². The molecule has 110 valence electrons. The molecular formula is C13H19N3O3S. The molecule has 1 saturated carbocycles. The Morgan fingerprint density at radius 2 is 2.10 bits per heavy atom. The van der Waals surface area contributed by atoms with Gasteiger partial charge in [0.25, 0.3) is 0 Å². The molecule has 0 radical (unpaired) electrons. The second-order valence-corrected chi connectivity index (χ2v) is 6.95. The Bertz CT molecular complexity index is 517. The van der Waals surface area contributed by atoms with Gasteiger partial charge in [-0.15, -0.1) is 11.3 Å². The van der Waals surface area contributed by atoms with Crippen molar-refractivity contribution in [2.24, 2.45) is 5.41 Å². The molecule has 0 aliphatic heterocycles. The molecule has 2 rings (SSSR count). The van der Waals surface area contributed by atoms with Gasteiger partial charge in [-0.3, -0.25) is 5.32 Å². The van der Waals surface area contributed by atoms with Crippen LogP contribution in [-0.2, 0) is 4.79 Å². The highest BCUT2D eigenvalue weighted by Crippen LogP contribution is 2.40. The molecule has 1 fully saturated rings. The van der Waals surface area contributed by atoms with Gasteiger partial charge >= 0.3 is 12.0 Å². The number of rotatable bonds is 4. The lowest BCUT2D eigenvalue weighted by Crippen LogP contribution is -2.50. The topological polar surface area (TPSA) is 91.3 Å². The zero-order chi connectivity index (χ0) is 14.9. The Morgan fingerprint density at radius 1 is 1.45 bits per heavy atom. The number of carboxylic acid groups (broad SMARTS) is 1. The normalized spacial score (nSPS) is 16.6. The predicted octanol–water partition coefficient (Wildman–Crippen LogP) is 2.64. The molecule has 0 aromatic carbocycles. The third-order valence-corrected chi connectivity index (χ3v) is 3.90. The molecular weight excluding hydrogens is 278 g/mol. The first-order valence-corrected chi connectivity index (χ1v) is 7.41. The largest absolute Gasteiger partial charge is 0.480 e. The van der Waals surface area contributed by atoms with Crippen LogP contribution in [0.2, 0.25) is 0 Å². The number of thiazole rings is 1. The van der Waals surface area contributed by atoms with Crippen LogP contribution in [0, 0.1) is 5.41 Å². The van der Waals surface area contributed by atoms with Crippen molar-refractivity contribution in [3.8, 4) is 0 Å². The van der Waals surface area contributed by atoms with Gasteiger partial charge in [-0.05, 0) is 18.3 Å². The van der Waals surface area contributed by atoms with Crippen LogP contribution in [0.4, 0.5) is 9.93 Å². The first-order valence-electron chi connectivity index (χ1n) is 6.53. The molecule has 0 bridgehead atoms. The predicted molar refractivity (Wildman–Crippen MR) is 77.1 cm³/mol. The average Bonchev–Trinajstić information content (AvgIpc) is 3.06. The average molecular weight is 297 g/mol. The lowest BCUT2D eigenvalue weighted by atomic mass is 9.87. The summed E-state index contributed by atoms with van der Waals surface area (Å²) in [5, 5.41) is 16.7. The highest BCUT2D eigenvalue weighted by atomic mass is 32.1. The van der Waals surface area contributed by atoms with Gasteiger partial charge in [-0.25, -0.2) is 14.6 Å². The molecule has 6 nitrogen and oxygen atoms in total. The number of nitrogens with zero attached hydrogens (tertiary/aromatic N) is 1. The third-order valence-electron chi connectivity index (χ3n) is 3.13. The smallest absolute Gasteiger partial charge is 0.326 e. The van der Waals surface area contributed by atoms with E-state index in [4.69, 9.17) is 5.11 Å². The Labute approximate surface area is 121 Å². The maximum atomic E-state index is 11.8. The van der Waals surface area contributed by atoms with Crippen molar-refractivity contribution in [3.05, 3.63) is 11.1 Å². The number of anilines is 1. The summed E-state index contributed by atoms with van der Waals surface area (Å²) in [5.41, 5.74) is 0.446. The van der Waals surface area contributed by atoms with Crippen molar-refractivity contribution < 1.29 is 14.7 Å². The van der Waals surface area contributed by atoms with Crippen LogP contribution in [-0.4, -0.2) is 28.1 Å². The number of urea groups is 1. The zero-order valence-corrected chi connectivity index (χ0v) is 12.6. The fourth-order valence-corrected chi connectivity index (χ4v) is 2.61. The van der Waals surface area contributed by atoms with Gasteiger partial charge in [-0.1, -0.05) is 20.8 Å². The summed E-state index contributed by atoms with van der Waals surface area (Å²) in [5.74, 6) is -0.517. The van der Waals surface area contributed by atoms with E-state index in [1.54, 1.807) is 20.8 Å². The Balaban J connectivity index is 1.94. The van der Waals surface area contributed by atoms with Gasteiger partial charge in [0.1, 0.15) is 6.04 Å². The second-order valence-electron chi connectivity index (χ2n) is 6.09. The summed E-state index contributed by atoms with van der Waals surface area (Å²) >= 11 is 1.36. The summed E-state index contributed by atoms with van der Waals surface area (Å²) in [4.78, 5) is 27.4. The van der Waals surface area contributed by atoms with E-state index in [0.29, 0.717) is 11.0 Å². The molecule has 1 aliphatic carbocycles. The minimum Gasteiger partial charge on any atom is -0.480 e. The molecule has 1 atom stereocenters. The fourth-order valence-electron chi connectivity index (χ4n) is 1.82. The lowest BCUT2D eigenvalue weighted by molar-refractivity contribution is -0.141. The number of aliphatic carboxylic acids is 1. The first-order chi connectivity index (χ1) is 9.27. The van der Waals surface area contributed by atoms with Crippen molar-refractivity contribution in [2.75, 3.05) is 5.32 Å². The van der Waals surface area contributed by atoms with Crippen LogP contribution in [0.15, 0.2) is 5.38 Å². The van der Waals surface area contributed by atoms with E-state index in [-0.39, 0.29) is 0 Å². The molecule has 1 aromatic rings. The van der Waals surface area contributed by atoms with E-state index in [1.165, 1.54) is 11.3 Å². The van der Waals surface area contributed by atoms with E-state index in [1.807, 2.05) is 5.38 Å². The Hall–Kier alpha value is -1.63. The monoisotopic (exact) mass is 297 g/mol. The summed E-state index contributed by atoms with van der Waals surface area (Å²) in [6, 6.07) is -1.49. The van der Waals surface area contributed by atoms with E-state index >= 15 is 0 Å². The summed E-state index contributed by atoms with van der Waals surface area (Å²) < 4.78 is 0. The molecule has 20 heavy (non-hydrogen) atoms. The Kier molecular flexibility index (Phi) is 3.99. The molecule has 1 aromatic heterocycles. The van der Waals surface area contributed by atoms with Gasteiger partial charge in [0.15, 0.2) is 5.13 Å². The SMILES string of the molecule is CC(C)(C)C(NC(=O)Nc1nc(C2CC2)cs1)C(=O)O. The van der Waals surface area contributed by atoms with Crippen molar-refractivity contribution in [2.45, 2.75) is 45.6 Å². The van der Waals surface area contributed by atoms with E-state index in [0.717, 1.165) is 18.5 Å². The number of carbonyl (C=O) groups is 2. The fraction of sp³-hybridized carbons (Fsp3) is 0.615. The molecule has 0 spiro atoms. The van der Waals surface area contributed by atoms with Crippen LogP contribution in [0.3, 0.4) is 0 Å². The molecule has 1 unspecified atom stereocenters. The van der Waals surface area contributed by atoms with Crippen molar-refractivity contribution in [3.63, 3.8) is 0 Å². The van der Waals surface area contributed by atoms with Crippen LogP contribution in [0.25, 0.3) is 0 Å². The number of carbonyl (C=O) groups excluding carboxylic acids is 1. The first kappa shape index (κ1) is 14.8. The van der Waals surface area contributed by atoms with Gasteiger partial charge in [0, 0.05) is 11.3 Å². The molecule has 1 aliphatic rings. The van der Waals surface area contributed by atoms with Crippen LogP contribution in [0.1, 0.15) is 45.2 Å². The standard InChI is InChI=1S/C13H19N3O3S/c1-13(2,3)9(10(17)18)15-11(19)16-12-14-8(6-20-12)7-4-5-7/h6-7,9H,4-5H2,1-3H3,(H,17,18)(H2,14,15,16,19). The van der Waals surface area contributed by atoms with Gasteiger partial charge in [0.05, 0.1) is 5.69 Å². The zero-order valence-electron chi connectivity index (χ0n) is 11.8. The van der Waals surface area contributed by atoms with Crippen LogP contribution >= 0.6 is 11.3 Å². The van der Waals surface area contributed by atoms with Gasteiger partial charge in [0.2, 0.25) is 0 Å². The highest BCUT2D eigenvalue weighted by Gasteiger charge is 2.33. The molecule has 2 amide bonds. The van der Waals surface area contributed by atoms with Gasteiger partial charge in [-0.2, -0.15) is 0 Å². The summed E-state index contributed by atoms with van der Waals surface area (Å²) in [7, 11) is 0. The lowest BCUT2D eigenvalue weighted by Gasteiger charge is -2.27. The van der Waals surface area contributed by atoms with E-state index in [9.17, 15) is 9.59 Å². The van der Waals surface area contributed by atoms with E-state index in [2.05, 4.69) is 15.6 Å². The quantitative estimate of drug-likeness (QED) is 0.796. The third kappa shape index (κ3) is 3.69. The molecule has 1 heterocycles. The van der Waals surface area contributed by atoms with Crippen molar-refractivity contribution in [1.82, 2.24) is 10.3 Å². The molecule has 7 heteroatoms. The molecule has 0 saturated heterocycles. The van der Waals surface area contributed by atoms with E-state index < -0.39 is 23.5 Å². The van der Waals surface area contributed by atoms with Crippen molar-refractivity contribution >= 4 is 28.5 Å². The minimum absolute atomic E-state index is 0.502. The number of carboxylic acids is 1.